The van der Waals surface area contributed by atoms with Crippen LogP contribution in [0.5, 0.6) is 0 Å². The maximum atomic E-state index is 13.3. The number of hydrogen-bond acceptors (Lipinski definition) is 2. The summed E-state index contributed by atoms with van der Waals surface area (Å²) in [7, 11) is 0. The quantitative estimate of drug-likeness (QED) is 0.745. The second-order valence-electron chi connectivity index (χ2n) is 6.52. The number of anilines is 2. The van der Waals surface area contributed by atoms with Gasteiger partial charge in [-0.3, -0.25) is 9.59 Å². The minimum Gasteiger partial charge on any atom is -0.326 e. The van der Waals surface area contributed by atoms with Crippen LogP contribution in [0, 0.1) is 18.7 Å². The molecule has 0 aromatic heterocycles. The number of alkyl halides is 2. The van der Waals surface area contributed by atoms with Gasteiger partial charge >= 0.3 is 0 Å². The van der Waals surface area contributed by atoms with Crippen molar-refractivity contribution in [2.75, 3.05) is 10.6 Å². The lowest BCUT2D eigenvalue weighted by Gasteiger charge is -2.12. The predicted octanol–water partition coefficient (Wildman–Crippen LogP) is 5.02. The average molecular weight is 397 g/mol. The number of halogens is 4. The molecule has 1 aliphatic carbocycles. The summed E-state index contributed by atoms with van der Waals surface area (Å²) in [5.74, 6) is -5.33. The van der Waals surface area contributed by atoms with E-state index in [-0.39, 0.29) is 29.1 Å². The number of nitrogens with one attached hydrogen (secondary N) is 2. The summed E-state index contributed by atoms with van der Waals surface area (Å²) in [4.78, 5) is 24.3. The van der Waals surface area contributed by atoms with Gasteiger partial charge in [-0.15, -0.1) is 0 Å². The highest BCUT2D eigenvalue weighted by molar-refractivity contribution is 6.33. The third kappa shape index (κ3) is 4.60. The molecule has 0 aliphatic heterocycles. The van der Waals surface area contributed by atoms with Gasteiger partial charge in [0.25, 0.3) is 11.8 Å². The Morgan fingerprint density at radius 3 is 2.52 bits per heavy atom. The SMILES string of the molecule is Cc1ccc(C(=O)Nc2cc(F)ccc2Cl)cc1NC(=O)CC1CC1(F)F. The van der Waals surface area contributed by atoms with E-state index in [1.54, 1.807) is 13.0 Å². The van der Waals surface area contributed by atoms with Crippen LogP contribution >= 0.6 is 11.6 Å². The van der Waals surface area contributed by atoms with Crippen LogP contribution < -0.4 is 10.6 Å². The first-order valence-corrected chi connectivity index (χ1v) is 8.58. The molecule has 4 nitrogen and oxygen atoms in total. The molecule has 3 rings (SSSR count). The molecule has 0 spiro atoms. The van der Waals surface area contributed by atoms with Crippen LogP contribution in [0.4, 0.5) is 24.5 Å². The molecule has 2 N–H and O–H groups in total. The number of carbonyl (C=O) groups excluding carboxylic acids is 2. The number of rotatable bonds is 5. The van der Waals surface area contributed by atoms with Crippen molar-refractivity contribution in [2.24, 2.45) is 5.92 Å². The van der Waals surface area contributed by atoms with E-state index in [4.69, 9.17) is 11.6 Å². The lowest BCUT2D eigenvalue weighted by Crippen LogP contribution is -2.16. The predicted molar refractivity (Wildman–Crippen MR) is 96.8 cm³/mol. The molecule has 2 amide bonds. The Balaban J connectivity index is 1.71. The van der Waals surface area contributed by atoms with Crippen LogP contribution in [-0.4, -0.2) is 17.7 Å². The van der Waals surface area contributed by atoms with Gasteiger partial charge in [0.05, 0.1) is 10.7 Å². The van der Waals surface area contributed by atoms with E-state index in [2.05, 4.69) is 10.6 Å². The molecule has 1 saturated carbocycles. The third-order valence-electron chi connectivity index (χ3n) is 4.34. The zero-order valence-electron chi connectivity index (χ0n) is 14.3. The van der Waals surface area contributed by atoms with Gasteiger partial charge in [-0.05, 0) is 42.8 Å². The Hall–Kier alpha value is -2.54. The highest BCUT2D eigenvalue weighted by Gasteiger charge is 2.57. The molecule has 27 heavy (non-hydrogen) atoms. The first kappa shape index (κ1) is 19.2. The Labute approximate surface area is 158 Å². The fourth-order valence-electron chi connectivity index (χ4n) is 2.60. The third-order valence-corrected chi connectivity index (χ3v) is 4.67. The zero-order chi connectivity index (χ0) is 19.8. The van der Waals surface area contributed by atoms with E-state index in [0.717, 1.165) is 6.07 Å². The molecule has 1 aliphatic rings. The van der Waals surface area contributed by atoms with Crippen LogP contribution in [0.1, 0.15) is 28.8 Å². The van der Waals surface area contributed by atoms with Crippen LogP contribution in [0.15, 0.2) is 36.4 Å². The van der Waals surface area contributed by atoms with E-state index >= 15 is 0 Å². The smallest absolute Gasteiger partial charge is 0.255 e. The van der Waals surface area contributed by atoms with Crippen LogP contribution in [-0.2, 0) is 4.79 Å². The van der Waals surface area contributed by atoms with E-state index in [1.807, 2.05) is 0 Å². The van der Waals surface area contributed by atoms with E-state index in [0.29, 0.717) is 11.3 Å². The van der Waals surface area contributed by atoms with E-state index in [1.165, 1.54) is 24.3 Å². The highest BCUT2D eigenvalue weighted by Crippen LogP contribution is 2.50. The minimum absolute atomic E-state index is 0.115. The van der Waals surface area contributed by atoms with Crippen LogP contribution in [0.25, 0.3) is 0 Å². The van der Waals surface area contributed by atoms with Gasteiger partial charge < -0.3 is 10.6 Å². The van der Waals surface area contributed by atoms with Gasteiger partial charge in [0.1, 0.15) is 5.82 Å². The van der Waals surface area contributed by atoms with Crippen molar-refractivity contribution in [3.05, 3.63) is 58.4 Å². The maximum Gasteiger partial charge on any atom is 0.255 e. The molecular weight excluding hydrogens is 381 g/mol. The molecular formula is C19H16ClF3N2O2. The molecule has 0 radical (unpaired) electrons. The molecule has 142 valence electrons. The number of hydrogen-bond donors (Lipinski definition) is 2. The standard InChI is InChI=1S/C19H16ClF3N2O2/c1-10-2-3-11(18(27)25-16-8-13(21)4-5-14(16)20)6-15(10)24-17(26)7-12-9-19(12,22)23/h2-6,8,12H,7,9H2,1H3,(H,24,26)(H,25,27). The summed E-state index contributed by atoms with van der Waals surface area (Å²) in [5, 5.41) is 5.23. The largest absolute Gasteiger partial charge is 0.326 e. The fourth-order valence-corrected chi connectivity index (χ4v) is 2.77. The summed E-state index contributed by atoms with van der Waals surface area (Å²) < 4.78 is 39.2. The number of amides is 2. The molecule has 0 bridgehead atoms. The average Bonchev–Trinajstić information content (AvgIpc) is 3.18. The summed E-state index contributed by atoms with van der Waals surface area (Å²) in [6.45, 7) is 1.71. The number of benzene rings is 2. The number of aryl methyl sites for hydroxylation is 1. The Bertz CT molecular complexity index is 918. The molecule has 1 atom stereocenters. The van der Waals surface area contributed by atoms with Crippen molar-refractivity contribution in [3.8, 4) is 0 Å². The topological polar surface area (TPSA) is 58.2 Å². The highest BCUT2D eigenvalue weighted by atomic mass is 35.5. The van der Waals surface area contributed by atoms with Gasteiger partial charge in [0, 0.05) is 30.0 Å². The van der Waals surface area contributed by atoms with Crippen molar-refractivity contribution in [2.45, 2.75) is 25.7 Å². The lowest BCUT2D eigenvalue weighted by atomic mass is 10.1. The maximum absolute atomic E-state index is 13.3. The minimum atomic E-state index is -2.77. The van der Waals surface area contributed by atoms with E-state index in [9.17, 15) is 22.8 Å². The fraction of sp³-hybridized carbons (Fsp3) is 0.263. The lowest BCUT2D eigenvalue weighted by molar-refractivity contribution is -0.117. The molecule has 8 heteroatoms. The van der Waals surface area contributed by atoms with Gasteiger partial charge in [-0.2, -0.15) is 0 Å². The normalized spacial score (nSPS) is 17.3. The molecule has 0 saturated heterocycles. The van der Waals surface area contributed by atoms with E-state index < -0.39 is 29.5 Å². The van der Waals surface area contributed by atoms with Gasteiger partial charge in [-0.1, -0.05) is 17.7 Å². The summed E-state index contributed by atoms with van der Waals surface area (Å²) in [5.41, 5.74) is 1.34. The Kier molecular flexibility index (Phi) is 5.15. The van der Waals surface area contributed by atoms with Gasteiger partial charge in [-0.25, -0.2) is 13.2 Å². The molecule has 2 aromatic rings. The molecule has 1 fully saturated rings. The van der Waals surface area contributed by atoms with Crippen molar-refractivity contribution in [1.82, 2.24) is 0 Å². The van der Waals surface area contributed by atoms with Gasteiger partial charge in [0.2, 0.25) is 5.91 Å². The zero-order valence-corrected chi connectivity index (χ0v) is 15.0. The molecule has 2 aromatic carbocycles. The van der Waals surface area contributed by atoms with Gasteiger partial charge in [0.15, 0.2) is 0 Å². The second kappa shape index (κ2) is 7.23. The molecule has 1 unspecified atom stereocenters. The summed E-state index contributed by atoms with van der Waals surface area (Å²) in [6.07, 6.45) is -0.558. The van der Waals surface area contributed by atoms with Crippen molar-refractivity contribution in [1.29, 1.82) is 0 Å². The first-order chi connectivity index (χ1) is 12.7. The van der Waals surface area contributed by atoms with Crippen LogP contribution in [0.3, 0.4) is 0 Å². The summed E-state index contributed by atoms with van der Waals surface area (Å²) >= 11 is 5.93. The van der Waals surface area contributed by atoms with Crippen molar-refractivity contribution >= 4 is 34.8 Å². The first-order valence-electron chi connectivity index (χ1n) is 8.20. The van der Waals surface area contributed by atoms with Crippen molar-refractivity contribution in [3.63, 3.8) is 0 Å². The Morgan fingerprint density at radius 1 is 1.15 bits per heavy atom. The second-order valence-corrected chi connectivity index (χ2v) is 6.93. The number of carbonyl (C=O) groups is 2. The summed E-state index contributed by atoms with van der Waals surface area (Å²) in [6, 6.07) is 8.15. The molecule has 0 heterocycles. The van der Waals surface area contributed by atoms with Crippen molar-refractivity contribution < 1.29 is 22.8 Å². The Morgan fingerprint density at radius 2 is 1.85 bits per heavy atom. The monoisotopic (exact) mass is 396 g/mol. The van der Waals surface area contributed by atoms with Crippen LogP contribution in [0.2, 0.25) is 5.02 Å².